The molecule has 1 aliphatic carbocycles. The highest BCUT2D eigenvalue weighted by molar-refractivity contribution is 9.10. The average molecular weight is 329 g/mol. The molecule has 1 fully saturated rings. The molecule has 19 heavy (non-hydrogen) atoms. The van der Waals surface area contributed by atoms with Gasteiger partial charge in [0.05, 0.1) is 4.92 Å². The number of nitrogens with zero attached hydrogens (tertiary/aromatic N) is 1. The molecule has 0 aromatic heterocycles. The van der Waals surface area contributed by atoms with Gasteiger partial charge in [-0.3, -0.25) is 10.1 Å². The van der Waals surface area contributed by atoms with E-state index >= 15 is 0 Å². The smallest absolute Gasteiger partial charge is 0.270 e. The van der Waals surface area contributed by atoms with Crippen molar-refractivity contribution in [2.75, 3.05) is 11.9 Å². The van der Waals surface area contributed by atoms with Gasteiger partial charge in [-0.15, -0.1) is 0 Å². The number of aliphatic hydroxyl groups is 1. The third-order valence-electron chi connectivity index (χ3n) is 3.65. The van der Waals surface area contributed by atoms with E-state index in [2.05, 4.69) is 21.2 Å². The van der Waals surface area contributed by atoms with Gasteiger partial charge in [0.25, 0.3) is 5.69 Å². The Morgan fingerprint density at radius 3 is 2.79 bits per heavy atom. The standard InChI is InChI=1S/C13H17BrN2O3/c14-11-7-10(16(18)19)5-6-13(11)15-12-4-2-1-3-9(12)8-17/h5-7,9,12,15,17H,1-4,8H2. The summed E-state index contributed by atoms with van der Waals surface area (Å²) in [6, 6.07) is 4.94. The summed E-state index contributed by atoms with van der Waals surface area (Å²) in [6.07, 6.45) is 4.36. The molecular formula is C13H17BrN2O3. The molecule has 104 valence electrons. The van der Waals surface area contributed by atoms with Crippen molar-refractivity contribution >= 4 is 27.3 Å². The molecule has 6 heteroatoms. The molecular weight excluding hydrogens is 312 g/mol. The Bertz CT molecular complexity index is 467. The maximum absolute atomic E-state index is 10.7. The topological polar surface area (TPSA) is 75.4 Å². The Morgan fingerprint density at radius 1 is 1.42 bits per heavy atom. The molecule has 2 atom stereocenters. The molecule has 5 nitrogen and oxygen atoms in total. The number of aliphatic hydroxyl groups excluding tert-OH is 1. The van der Waals surface area contributed by atoms with Gasteiger partial charge in [0.2, 0.25) is 0 Å². The molecule has 1 aromatic carbocycles. The average Bonchev–Trinajstić information content (AvgIpc) is 2.41. The lowest BCUT2D eigenvalue weighted by Crippen LogP contribution is -2.34. The minimum atomic E-state index is -0.411. The minimum Gasteiger partial charge on any atom is -0.396 e. The van der Waals surface area contributed by atoms with E-state index in [-0.39, 0.29) is 24.3 Å². The van der Waals surface area contributed by atoms with Crippen molar-refractivity contribution in [1.82, 2.24) is 0 Å². The number of anilines is 1. The summed E-state index contributed by atoms with van der Waals surface area (Å²) in [5.74, 6) is 0.260. The quantitative estimate of drug-likeness (QED) is 0.656. The molecule has 0 amide bonds. The van der Waals surface area contributed by atoms with Gasteiger partial charge < -0.3 is 10.4 Å². The zero-order valence-corrected chi connectivity index (χ0v) is 12.1. The van der Waals surface area contributed by atoms with Crippen LogP contribution in [0.5, 0.6) is 0 Å². The molecule has 0 bridgehead atoms. The number of benzene rings is 1. The van der Waals surface area contributed by atoms with Crippen molar-refractivity contribution in [3.05, 3.63) is 32.8 Å². The van der Waals surface area contributed by atoms with E-state index in [1.54, 1.807) is 6.07 Å². The molecule has 1 aromatic rings. The monoisotopic (exact) mass is 328 g/mol. The van der Waals surface area contributed by atoms with Crippen LogP contribution in [0.15, 0.2) is 22.7 Å². The summed E-state index contributed by atoms with van der Waals surface area (Å²) in [5.41, 5.74) is 0.913. The number of non-ortho nitro benzene ring substituents is 1. The maximum Gasteiger partial charge on any atom is 0.270 e. The molecule has 2 N–H and O–H groups in total. The number of rotatable bonds is 4. The summed E-state index contributed by atoms with van der Waals surface area (Å²) in [5, 5.41) is 23.5. The highest BCUT2D eigenvalue weighted by Crippen LogP contribution is 2.32. The molecule has 0 aliphatic heterocycles. The summed E-state index contributed by atoms with van der Waals surface area (Å²) in [7, 11) is 0. The van der Waals surface area contributed by atoms with Crippen molar-refractivity contribution in [1.29, 1.82) is 0 Å². The highest BCUT2D eigenvalue weighted by atomic mass is 79.9. The normalized spacial score (nSPS) is 23.1. The SMILES string of the molecule is O=[N+]([O-])c1ccc(NC2CCCCC2CO)c(Br)c1. The molecule has 0 spiro atoms. The van der Waals surface area contributed by atoms with Crippen LogP contribution >= 0.6 is 15.9 Å². The van der Waals surface area contributed by atoms with Crippen LogP contribution < -0.4 is 5.32 Å². The van der Waals surface area contributed by atoms with Crippen LogP contribution in [0.1, 0.15) is 25.7 Å². The van der Waals surface area contributed by atoms with Gasteiger partial charge in [-0.1, -0.05) is 12.8 Å². The van der Waals surface area contributed by atoms with Crippen molar-refractivity contribution < 1.29 is 10.0 Å². The Morgan fingerprint density at radius 2 is 2.16 bits per heavy atom. The third-order valence-corrected chi connectivity index (χ3v) is 4.30. The van der Waals surface area contributed by atoms with E-state index in [4.69, 9.17) is 0 Å². The Kier molecular flexibility index (Phi) is 4.76. The Labute approximate surface area is 120 Å². The van der Waals surface area contributed by atoms with Crippen molar-refractivity contribution in [2.24, 2.45) is 5.92 Å². The Balaban J connectivity index is 2.11. The largest absolute Gasteiger partial charge is 0.396 e. The van der Waals surface area contributed by atoms with E-state index in [0.717, 1.165) is 31.4 Å². The molecule has 2 unspecified atom stereocenters. The van der Waals surface area contributed by atoms with Gasteiger partial charge in [0.15, 0.2) is 0 Å². The van der Waals surface area contributed by atoms with E-state index in [1.165, 1.54) is 12.1 Å². The van der Waals surface area contributed by atoms with Crippen molar-refractivity contribution in [3.8, 4) is 0 Å². The second-order valence-electron chi connectivity index (χ2n) is 4.90. The molecule has 0 saturated heterocycles. The highest BCUT2D eigenvalue weighted by Gasteiger charge is 2.25. The number of hydrogen-bond donors (Lipinski definition) is 2. The second-order valence-corrected chi connectivity index (χ2v) is 5.75. The molecule has 1 saturated carbocycles. The summed E-state index contributed by atoms with van der Waals surface area (Å²) < 4.78 is 0.684. The van der Waals surface area contributed by atoms with E-state index in [1.807, 2.05) is 0 Å². The summed E-state index contributed by atoms with van der Waals surface area (Å²) >= 11 is 3.35. The lowest BCUT2D eigenvalue weighted by Gasteiger charge is -2.32. The van der Waals surface area contributed by atoms with Crippen LogP contribution in [0.25, 0.3) is 0 Å². The predicted molar refractivity (Wildman–Crippen MR) is 77.3 cm³/mol. The zero-order valence-electron chi connectivity index (χ0n) is 10.5. The first-order chi connectivity index (χ1) is 9.11. The lowest BCUT2D eigenvalue weighted by atomic mass is 9.85. The van der Waals surface area contributed by atoms with Gasteiger partial charge in [0, 0.05) is 40.9 Å². The third kappa shape index (κ3) is 3.45. The number of nitro benzene ring substituents is 1. The van der Waals surface area contributed by atoms with Gasteiger partial charge in [-0.2, -0.15) is 0 Å². The summed E-state index contributed by atoms with van der Waals surface area (Å²) in [4.78, 5) is 10.3. The first kappa shape index (κ1) is 14.3. The van der Waals surface area contributed by atoms with E-state index in [0.29, 0.717) is 4.47 Å². The van der Waals surface area contributed by atoms with Crippen LogP contribution in [0.2, 0.25) is 0 Å². The second kappa shape index (κ2) is 6.34. The molecule has 2 rings (SSSR count). The number of hydrogen-bond acceptors (Lipinski definition) is 4. The van der Waals surface area contributed by atoms with Gasteiger partial charge in [-0.25, -0.2) is 0 Å². The van der Waals surface area contributed by atoms with Crippen molar-refractivity contribution in [2.45, 2.75) is 31.7 Å². The zero-order chi connectivity index (χ0) is 13.8. The van der Waals surface area contributed by atoms with Crippen LogP contribution in [0.4, 0.5) is 11.4 Å². The van der Waals surface area contributed by atoms with Crippen LogP contribution in [0.3, 0.4) is 0 Å². The van der Waals surface area contributed by atoms with Crippen LogP contribution in [-0.2, 0) is 0 Å². The fourth-order valence-electron chi connectivity index (χ4n) is 2.55. The van der Waals surface area contributed by atoms with Gasteiger partial charge >= 0.3 is 0 Å². The van der Waals surface area contributed by atoms with Crippen LogP contribution in [0, 0.1) is 16.0 Å². The molecule has 0 radical (unpaired) electrons. The first-order valence-corrected chi connectivity index (χ1v) is 7.22. The number of halogens is 1. The first-order valence-electron chi connectivity index (χ1n) is 6.43. The number of nitrogens with one attached hydrogen (secondary N) is 1. The van der Waals surface area contributed by atoms with Gasteiger partial charge in [-0.05, 0) is 34.8 Å². The maximum atomic E-state index is 10.7. The lowest BCUT2D eigenvalue weighted by molar-refractivity contribution is -0.384. The van der Waals surface area contributed by atoms with Crippen molar-refractivity contribution in [3.63, 3.8) is 0 Å². The van der Waals surface area contributed by atoms with E-state index in [9.17, 15) is 15.2 Å². The predicted octanol–water partition coefficient (Wildman–Crippen LogP) is 3.32. The summed E-state index contributed by atoms with van der Waals surface area (Å²) in [6.45, 7) is 0.183. The number of nitro groups is 1. The molecule has 1 aliphatic rings. The fraction of sp³-hybridized carbons (Fsp3) is 0.538. The molecule has 0 heterocycles. The minimum absolute atomic E-state index is 0.0692. The van der Waals surface area contributed by atoms with E-state index < -0.39 is 4.92 Å². The Hall–Kier alpha value is -1.14. The van der Waals surface area contributed by atoms with Gasteiger partial charge in [0.1, 0.15) is 0 Å². The fourth-order valence-corrected chi connectivity index (χ4v) is 3.03. The van der Waals surface area contributed by atoms with Crippen LogP contribution in [-0.4, -0.2) is 22.7 Å².